The maximum Gasteiger partial charge on any atom is 0.265 e. The number of benzene rings is 1. The number of hydrogen-bond acceptors (Lipinski definition) is 5. The molecule has 0 bridgehead atoms. The third-order valence-corrected chi connectivity index (χ3v) is 6.33. The van der Waals surface area contributed by atoms with E-state index in [-0.39, 0.29) is 17.7 Å². The van der Waals surface area contributed by atoms with Crippen molar-refractivity contribution < 1.29 is 14.4 Å². The molecule has 3 heterocycles. The molecule has 0 spiro atoms. The molecule has 2 aromatic heterocycles. The number of fused-ring (bicyclic) bond motifs is 1. The summed E-state index contributed by atoms with van der Waals surface area (Å²) >= 11 is 1.15. The SMILES string of the molecule is Cc1nc(NC(=O)C2CCC(=O)N2Cc2c[nH]c3ccccc23)sc1C(=O)N(C)C. The molecule has 156 valence electrons. The monoisotopic (exact) mass is 425 g/mol. The topological polar surface area (TPSA) is 98.4 Å². The van der Waals surface area contributed by atoms with Crippen molar-refractivity contribution in [1.82, 2.24) is 19.8 Å². The average Bonchev–Trinajstić information content (AvgIpc) is 3.40. The smallest absolute Gasteiger partial charge is 0.265 e. The summed E-state index contributed by atoms with van der Waals surface area (Å²) in [6.45, 7) is 2.10. The van der Waals surface area contributed by atoms with E-state index in [0.717, 1.165) is 27.8 Å². The normalized spacial score (nSPS) is 16.3. The van der Waals surface area contributed by atoms with E-state index in [2.05, 4.69) is 15.3 Å². The number of nitrogens with zero attached hydrogens (tertiary/aromatic N) is 3. The van der Waals surface area contributed by atoms with Crippen LogP contribution in [0.25, 0.3) is 10.9 Å². The van der Waals surface area contributed by atoms with Gasteiger partial charge in [0.1, 0.15) is 10.9 Å². The van der Waals surface area contributed by atoms with Gasteiger partial charge in [0.15, 0.2) is 5.13 Å². The summed E-state index contributed by atoms with van der Waals surface area (Å²) in [7, 11) is 3.35. The second kappa shape index (κ2) is 7.91. The van der Waals surface area contributed by atoms with Crippen LogP contribution < -0.4 is 5.32 Å². The summed E-state index contributed by atoms with van der Waals surface area (Å²) in [5.74, 6) is -0.472. The van der Waals surface area contributed by atoms with Crippen molar-refractivity contribution in [2.45, 2.75) is 32.4 Å². The van der Waals surface area contributed by atoms with E-state index in [9.17, 15) is 14.4 Å². The number of amides is 3. The fourth-order valence-electron chi connectivity index (χ4n) is 3.69. The molecule has 9 heteroatoms. The van der Waals surface area contributed by atoms with E-state index in [0.29, 0.717) is 35.1 Å². The Kier molecular flexibility index (Phi) is 5.29. The number of aryl methyl sites for hydroxylation is 1. The van der Waals surface area contributed by atoms with Crippen molar-refractivity contribution in [3.8, 4) is 0 Å². The molecule has 1 aliphatic heterocycles. The minimum Gasteiger partial charge on any atom is -0.361 e. The van der Waals surface area contributed by atoms with E-state index in [4.69, 9.17) is 0 Å². The molecule has 1 aliphatic rings. The number of hydrogen-bond donors (Lipinski definition) is 2. The number of rotatable bonds is 5. The molecule has 1 aromatic carbocycles. The minimum absolute atomic E-state index is 0.0424. The highest BCUT2D eigenvalue weighted by atomic mass is 32.1. The van der Waals surface area contributed by atoms with Gasteiger partial charge in [-0.05, 0) is 25.0 Å². The first-order valence-corrected chi connectivity index (χ1v) is 10.5. The Morgan fingerprint density at radius 3 is 2.87 bits per heavy atom. The highest BCUT2D eigenvalue weighted by Crippen LogP contribution is 2.28. The molecule has 0 aliphatic carbocycles. The third kappa shape index (κ3) is 3.68. The highest BCUT2D eigenvalue weighted by molar-refractivity contribution is 7.17. The number of thiazole rings is 1. The maximum atomic E-state index is 12.9. The van der Waals surface area contributed by atoms with Gasteiger partial charge in [-0.3, -0.25) is 14.4 Å². The molecular weight excluding hydrogens is 402 g/mol. The first kappa shape index (κ1) is 20.1. The van der Waals surface area contributed by atoms with Crippen LogP contribution >= 0.6 is 11.3 Å². The average molecular weight is 426 g/mol. The van der Waals surface area contributed by atoms with Gasteiger partial charge in [-0.15, -0.1) is 0 Å². The van der Waals surface area contributed by atoms with Crippen LogP contribution in [0, 0.1) is 6.92 Å². The lowest BCUT2D eigenvalue weighted by Crippen LogP contribution is -2.41. The number of carbonyl (C=O) groups is 3. The zero-order valence-electron chi connectivity index (χ0n) is 17.1. The Labute approximate surface area is 177 Å². The molecule has 8 nitrogen and oxygen atoms in total. The zero-order valence-corrected chi connectivity index (χ0v) is 17.9. The molecule has 1 atom stereocenters. The van der Waals surface area contributed by atoms with Crippen molar-refractivity contribution in [3.63, 3.8) is 0 Å². The quantitative estimate of drug-likeness (QED) is 0.657. The van der Waals surface area contributed by atoms with Crippen LogP contribution in [-0.2, 0) is 16.1 Å². The Morgan fingerprint density at radius 2 is 2.10 bits per heavy atom. The number of anilines is 1. The molecule has 30 heavy (non-hydrogen) atoms. The van der Waals surface area contributed by atoms with Gasteiger partial charge in [-0.2, -0.15) is 0 Å². The van der Waals surface area contributed by atoms with Gasteiger partial charge in [-0.1, -0.05) is 29.5 Å². The lowest BCUT2D eigenvalue weighted by molar-refractivity contribution is -0.133. The van der Waals surface area contributed by atoms with E-state index in [1.807, 2.05) is 30.5 Å². The van der Waals surface area contributed by atoms with Gasteiger partial charge in [0.2, 0.25) is 11.8 Å². The van der Waals surface area contributed by atoms with Crippen LogP contribution in [0.15, 0.2) is 30.5 Å². The number of likely N-dealkylation sites (tertiary alicyclic amines) is 1. The lowest BCUT2D eigenvalue weighted by atomic mass is 10.1. The molecule has 2 N–H and O–H groups in total. The Balaban J connectivity index is 1.51. The second-order valence-corrected chi connectivity index (χ2v) is 8.56. The van der Waals surface area contributed by atoms with Crippen LogP contribution in [-0.4, -0.2) is 57.6 Å². The number of aromatic nitrogens is 2. The standard InChI is InChI=1S/C21H23N5O3S/c1-12-18(20(29)25(2)3)30-21(23-12)24-19(28)16-8-9-17(27)26(16)11-13-10-22-15-7-5-4-6-14(13)15/h4-7,10,16,22H,8-9,11H2,1-3H3,(H,23,24,28). The molecule has 1 saturated heterocycles. The van der Waals surface area contributed by atoms with Crippen molar-refractivity contribution in [2.24, 2.45) is 0 Å². The molecule has 1 unspecified atom stereocenters. The molecule has 0 saturated carbocycles. The Bertz CT molecular complexity index is 1130. The fourth-order valence-corrected chi connectivity index (χ4v) is 4.68. The first-order valence-electron chi connectivity index (χ1n) is 9.69. The van der Waals surface area contributed by atoms with Crippen molar-refractivity contribution >= 4 is 45.1 Å². The summed E-state index contributed by atoms with van der Waals surface area (Å²) in [6, 6.07) is 7.31. The minimum atomic E-state index is -0.566. The van der Waals surface area contributed by atoms with Crippen LogP contribution in [0.2, 0.25) is 0 Å². The predicted octanol–water partition coefficient (Wildman–Crippen LogP) is 2.76. The van der Waals surface area contributed by atoms with Crippen LogP contribution in [0.4, 0.5) is 5.13 Å². The van der Waals surface area contributed by atoms with Crippen molar-refractivity contribution in [1.29, 1.82) is 0 Å². The maximum absolute atomic E-state index is 12.9. The zero-order chi connectivity index (χ0) is 21.4. The number of H-pyrrole nitrogens is 1. The number of carbonyl (C=O) groups excluding carboxylic acids is 3. The summed E-state index contributed by atoms with van der Waals surface area (Å²) in [4.78, 5) is 48.8. The van der Waals surface area contributed by atoms with Gasteiger partial charge in [-0.25, -0.2) is 4.98 Å². The summed E-state index contributed by atoms with van der Waals surface area (Å²) in [5.41, 5.74) is 2.55. The van der Waals surface area contributed by atoms with Crippen molar-refractivity contribution in [3.05, 3.63) is 46.6 Å². The largest absolute Gasteiger partial charge is 0.361 e. The van der Waals surface area contributed by atoms with E-state index < -0.39 is 6.04 Å². The fraction of sp³-hybridized carbons (Fsp3) is 0.333. The molecule has 3 aromatic rings. The van der Waals surface area contributed by atoms with Crippen LogP contribution in [0.1, 0.15) is 33.8 Å². The van der Waals surface area contributed by atoms with Gasteiger partial charge < -0.3 is 20.1 Å². The lowest BCUT2D eigenvalue weighted by Gasteiger charge is -2.23. The van der Waals surface area contributed by atoms with Gasteiger partial charge >= 0.3 is 0 Å². The summed E-state index contributed by atoms with van der Waals surface area (Å²) in [6.07, 6.45) is 2.68. The van der Waals surface area contributed by atoms with Crippen molar-refractivity contribution in [2.75, 3.05) is 19.4 Å². The molecular formula is C21H23N5O3S. The Hall–Kier alpha value is -3.20. The molecule has 3 amide bonds. The molecule has 0 radical (unpaired) electrons. The van der Waals surface area contributed by atoms with E-state index in [1.54, 1.807) is 25.9 Å². The van der Waals surface area contributed by atoms with Gasteiger partial charge in [0.05, 0.1) is 5.69 Å². The number of nitrogens with one attached hydrogen (secondary N) is 2. The van der Waals surface area contributed by atoms with Crippen LogP contribution in [0.3, 0.4) is 0 Å². The molecule has 4 rings (SSSR count). The second-order valence-electron chi connectivity index (χ2n) is 7.56. The molecule has 1 fully saturated rings. The van der Waals surface area contributed by atoms with Gasteiger partial charge in [0, 0.05) is 44.2 Å². The summed E-state index contributed by atoms with van der Waals surface area (Å²) in [5, 5.41) is 4.21. The highest BCUT2D eigenvalue weighted by Gasteiger charge is 2.36. The third-order valence-electron chi connectivity index (χ3n) is 5.27. The van der Waals surface area contributed by atoms with Gasteiger partial charge in [0.25, 0.3) is 5.91 Å². The van der Waals surface area contributed by atoms with E-state index >= 15 is 0 Å². The number of para-hydroxylation sites is 1. The predicted molar refractivity (Wildman–Crippen MR) is 115 cm³/mol. The summed E-state index contributed by atoms with van der Waals surface area (Å²) < 4.78 is 0. The van der Waals surface area contributed by atoms with E-state index in [1.165, 1.54) is 4.90 Å². The first-order chi connectivity index (χ1) is 14.3. The number of aromatic amines is 1. The van der Waals surface area contributed by atoms with Crippen LogP contribution in [0.5, 0.6) is 0 Å². The Morgan fingerprint density at radius 1 is 1.33 bits per heavy atom.